The van der Waals surface area contributed by atoms with Crippen molar-refractivity contribution in [3.05, 3.63) is 271 Å². The number of fused-ring (bicyclic) bond motifs is 30. The second kappa shape index (κ2) is 15.9. The van der Waals surface area contributed by atoms with Crippen molar-refractivity contribution in [2.24, 2.45) is 0 Å². The zero-order chi connectivity index (χ0) is 57.1. The SMILES string of the molecule is CC1(C)c2ccccc2-c2ccc(-c3cc4c5c(c3)c3c6c7ccccc7c7ccccc7c6ccc3n5-c3cccc5c3B4c3cc(-c4ccc6c(c4)C(C)(C)c4ccccc4-6)cc4c6ccc7c8ccccc8c8ccccc8c7c6n-5c34)cc21. The number of hydrogen-bond acceptors (Lipinski definition) is 0. The lowest BCUT2D eigenvalue weighted by atomic mass is 9.34. The van der Waals surface area contributed by atoms with E-state index >= 15 is 0 Å². The molecule has 2 aromatic heterocycles. The number of rotatable bonds is 2. The maximum Gasteiger partial charge on any atom is 0.252 e. The third-order valence-corrected chi connectivity index (χ3v) is 21.8. The van der Waals surface area contributed by atoms with Gasteiger partial charge in [-0.15, -0.1) is 0 Å². The smallest absolute Gasteiger partial charge is 0.252 e. The molecule has 2 aliphatic heterocycles. The summed E-state index contributed by atoms with van der Waals surface area (Å²) in [6, 6.07) is 96.6. The van der Waals surface area contributed by atoms with Gasteiger partial charge in [-0.25, -0.2) is 0 Å². The lowest BCUT2D eigenvalue weighted by Crippen LogP contribution is -2.59. The van der Waals surface area contributed by atoms with Crippen LogP contribution in [0.3, 0.4) is 0 Å². The van der Waals surface area contributed by atoms with Gasteiger partial charge in [0.1, 0.15) is 0 Å². The van der Waals surface area contributed by atoms with Gasteiger partial charge >= 0.3 is 0 Å². The zero-order valence-corrected chi connectivity index (χ0v) is 48.6. The predicted octanol–water partition coefficient (Wildman–Crippen LogP) is 19.9. The van der Waals surface area contributed by atoms with Crippen LogP contribution in [0.25, 0.3) is 164 Å². The fraction of sp³-hybridized carbons (Fsp3) is 0.0714. The van der Waals surface area contributed by atoms with Gasteiger partial charge in [0.25, 0.3) is 6.71 Å². The van der Waals surface area contributed by atoms with Crippen LogP contribution >= 0.6 is 0 Å². The predicted molar refractivity (Wildman–Crippen MR) is 371 cm³/mol. The molecule has 0 unspecified atom stereocenters. The van der Waals surface area contributed by atoms with Gasteiger partial charge in [0.2, 0.25) is 0 Å². The molecule has 0 radical (unpaired) electrons. The number of benzene rings is 15. The van der Waals surface area contributed by atoms with Gasteiger partial charge in [-0.3, -0.25) is 0 Å². The van der Waals surface area contributed by atoms with E-state index < -0.39 is 0 Å². The molecule has 4 heterocycles. The molecule has 87 heavy (non-hydrogen) atoms. The maximum absolute atomic E-state index is 2.72. The van der Waals surface area contributed by atoms with Gasteiger partial charge in [-0.1, -0.05) is 234 Å². The molecule has 2 aliphatic carbocycles. The van der Waals surface area contributed by atoms with Crippen LogP contribution in [0.1, 0.15) is 49.9 Å². The highest BCUT2D eigenvalue weighted by Gasteiger charge is 2.43. The lowest BCUT2D eigenvalue weighted by Gasteiger charge is -2.34. The average Bonchev–Trinajstić information content (AvgIpc) is 1.61. The fourth-order valence-electron chi connectivity index (χ4n) is 18.0. The second-order valence-electron chi connectivity index (χ2n) is 26.5. The number of hydrogen-bond donors (Lipinski definition) is 0. The molecule has 0 saturated heterocycles. The normalized spacial score (nSPS) is 14.6. The Morgan fingerprint density at radius 2 is 0.678 bits per heavy atom. The molecule has 0 saturated carbocycles. The summed E-state index contributed by atoms with van der Waals surface area (Å²) in [6.45, 7) is 9.54. The van der Waals surface area contributed by atoms with Crippen molar-refractivity contribution in [1.82, 2.24) is 9.13 Å². The van der Waals surface area contributed by atoms with Crippen molar-refractivity contribution in [1.29, 1.82) is 0 Å². The van der Waals surface area contributed by atoms with E-state index in [1.807, 2.05) is 0 Å². The second-order valence-corrected chi connectivity index (χ2v) is 26.5. The molecular weight excluding hydrogens is 1050 g/mol. The molecule has 0 atom stereocenters. The van der Waals surface area contributed by atoms with E-state index in [1.54, 1.807) is 0 Å². The van der Waals surface area contributed by atoms with E-state index in [9.17, 15) is 0 Å². The summed E-state index contributed by atoms with van der Waals surface area (Å²) in [4.78, 5) is 0. The molecule has 21 rings (SSSR count). The fourth-order valence-corrected chi connectivity index (χ4v) is 18.0. The van der Waals surface area contributed by atoms with Crippen LogP contribution in [-0.4, -0.2) is 15.8 Å². The van der Waals surface area contributed by atoms with Gasteiger partial charge < -0.3 is 9.13 Å². The average molecular weight is 1100 g/mol. The van der Waals surface area contributed by atoms with Gasteiger partial charge in [0, 0.05) is 65.6 Å². The first kappa shape index (κ1) is 46.8. The van der Waals surface area contributed by atoms with E-state index in [0.29, 0.717) is 0 Å². The molecule has 0 amide bonds. The van der Waals surface area contributed by atoms with Gasteiger partial charge in [-0.05, 0) is 179 Å². The van der Waals surface area contributed by atoms with Crippen LogP contribution in [0.2, 0.25) is 0 Å². The largest absolute Gasteiger partial charge is 0.310 e. The molecule has 4 aliphatic rings. The third-order valence-electron chi connectivity index (χ3n) is 21.8. The quantitative estimate of drug-likeness (QED) is 0.121. The standard InChI is InChI=1S/C84H53BN2/c1-83(2)67-28-15-13-24-56(67)58-34-32-46(42-69(58)83)48-40-65-64-37-36-63-55-23-8-6-19-51(55)53-21-10-12-27-61(53)77(63)82(64)87-75-31-17-30-74-79(75)85(71(44-48)80(65)87)72-45-49(47-33-35-59-57-25-14-16-29-68(57)84(3,4)70(59)43-47)41-66-78-73(86(74)81(66)72)39-38-62-54-22-7-5-18-50(54)52-20-9-11-26-60(52)76(62)78/h5-45H,1-4H3. The summed E-state index contributed by atoms with van der Waals surface area (Å²) in [5.41, 5.74) is 27.3. The zero-order valence-electron chi connectivity index (χ0n) is 48.6. The Balaban J connectivity index is 0.940. The van der Waals surface area contributed by atoms with Crippen LogP contribution in [0.15, 0.2) is 249 Å². The summed E-state index contributed by atoms with van der Waals surface area (Å²) < 4.78 is 5.40. The monoisotopic (exact) mass is 1100 g/mol. The minimum absolute atomic E-state index is 0.104. The van der Waals surface area contributed by atoms with E-state index in [1.165, 1.54) is 203 Å². The van der Waals surface area contributed by atoms with Crippen LogP contribution in [0, 0.1) is 0 Å². The summed E-state index contributed by atoms with van der Waals surface area (Å²) >= 11 is 0. The van der Waals surface area contributed by atoms with Crippen molar-refractivity contribution in [2.75, 3.05) is 0 Å². The Bertz CT molecular complexity index is 6060. The van der Waals surface area contributed by atoms with Crippen molar-refractivity contribution in [2.45, 2.75) is 38.5 Å². The highest BCUT2D eigenvalue weighted by Crippen LogP contribution is 2.54. The first-order chi connectivity index (χ1) is 42.7. The van der Waals surface area contributed by atoms with Crippen LogP contribution in [0.4, 0.5) is 0 Å². The van der Waals surface area contributed by atoms with Crippen LogP contribution < -0.4 is 16.4 Å². The highest BCUT2D eigenvalue weighted by molar-refractivity contribution is 7.00. The Labute approximate surface area is 502 Å². The molecule has 0 bridgehead atoms. The number of aromatic nitrogens is 2. The van der Waals surface area contributed by atoms with Gasteiger partial charge in [0.15, 0.2) is 0 Å². The Morgan fingerprint density at radius 1 is 0.264 bits per heavy atom. The van der Waals surface area contributed by atoms with Crippen molar-refractivity contribution in [3.63, 3.8) is 0 Å². The van der Waals surface area contributed by atoms with E-state index in [-0.39, 0.29) is 17.5 Å². The molecular formula is C84H53BN2. The van der Waals surface area contributed by atoms with Crippen LogP contribution in [0.5, 0.6) is 0 Å². The number of nitrogens with zero attached hydrogens (tertiary/aromatic N) is 2. The Morgan fingerprint density at radius 3 is 1.24 bits per heavy atom. The summed E-state index contributed by atoms with van der Waals surface area (Å²) in [6.07, 6.45) is 0. The Kier molecular flexibility index (Phi) is 8.55. The molecule has 0 N–H and O–H groups in total. The van der Waals surface area contributed by atoms with Crippen molar-refractivity contribution in [3.8, 4) is 55.9 Å². The Hall–Kier alpha value is -10.5. The van der Waals surface area contributed by atoms with Crippen LogP contribution in [-0.2, 0) is 10.8 Å². The molecule has 0 fully saturated rings. The molecule has 2 nitrogen and oxygen atoms in total. The molecule has 3 heteroatoms. The summed E-state index contributed by atoms with van der Waals surface area (Å²) in [7, 11) is 0. The minimum atomic E-state index is -0.152. The van der Waals surface area contributed by atoms with Gasteiger partial charge in [-0.2, -0.15) is 0 Å². The first-order valence-corrected chi connectivity index (χ1v) is 31.0. The van der Waals surface area contributed by atoms with Gasteiger partial charge in [0.05, 0.1) is 11.0 Å². The molecule has 17 aromatic rings. The van der Waals surface area contributed by atoms with E-state index in [4.69, 9.17) is 0 Å². The van der Waals surface area contributed by atoms with Crippen molar-refractivity contribution >= 4 is 131 Å². The molecule has 15 aromatic carbocycles. The summed E-state index contributed by atoms with van der Waals surface area (Å²) in [5, 5.41) is 20.7. The van der Waals surface area contributed by atoms with E-state index in [2.05, 4.69) is 286 Å². The topological polar surface area (TPSA) is 9.86 Å². The van der Waals surface area contributed by atoms with E-state index in [0.717, 1.165) is 0 Å². The third kappa shape index (κ3) is 5.62. The molecule has 402 valence electrons. The first-order valence-electron chi connectivity index (χ1n) is 31.0. The highest BCUT2D eigenvalue weighted by atomic mass is 15.0. The van der Waals surface area contributed by atoms with Crippen molar-refractivity contribution < 1.29 is 0 Å². The molecule has 0 spiro atoms. The lowest BCUT2D eigenvalue weighted by molar-refractivity contribution is 0.660. The minimum Gasteiger partial charge on any atom is -0.310 e. The maximum atomic E-state index is 2.72. The summed E-state index contributed by atoms with van der Waals surface area (Å²) in [5.74, 6) is 0.